The third-order valence-corrected chi connectivity index (χ3v) is 2.98. The van der Waals surface area contributed by atoms with Gasteiger partial charge in [0.25, 0.3) is 0 Å². The van der Waals surface area contributed by atoms with Crippen LogP contribution >= 0.6 is 11.6 Å². The summed E-state index contributed by atoms with van der Waals surface area (Å²) in [5, 5.41) is 0.409. The molecule has 0 saturated carbocycles. The minimum Gasteiger partial charge on any atom is -0.477 e. The van der Waals surface area contributed by atoms with Crippen LogP contribution in [-0.4, -0.2) is 41.3 Å². The van der Waals surface area contributed by atoms with Crippen LogP contribution in [0, 0.1) is 5.92 Å². The van der Waals surface area contributed by atoms with Gasteiger partial charge in [-0.05, 0) is 26.8 Å². The monoisotopic (exact) mass is 298 g/mol. The van der Waals surface area contributed by atoms with Crippen LogP contribution in [0.15, 0.2) is 18.2 Å². The van der Waals surface area contributed by atoms with Crippen molar-refractivity contribution >= 4 is 17.7 Å². The highest BCUT2D eigenvalue weighted by Crippen LogP contribution is 2.21. The molecule has 110 valence electrons. The summed E-state index contributed by atoms with van der Waals surface area (Å²) >= 11 is 5.77. The molecule has 1 aromatic rings. The van der Waals surface area contributed by atoms with Crippen LogP contribution in [-0.2, 0) is 4.74 Å². The SMILES string of the molecule is CC(C)(C)OC(=O)N1CC(COc2cccc(Cl)n2)C1. The topological polar surface area (TPSA) is 51.7 Å². The molecule has 0 unspecified atom stereocenters. The van der Waals surface area contributed by atoms with E-state index >= 15 is 0 Å². The zero-order chi connectivity index (χ0) is 14.8. The molecule has 6 heteroatoms. The Morgan fingerprint density at radius 1 is 1.45 bits per heavy atom. The van der Waals surface area contributed by atoms with Gasteiger partial charge in [-0.3, -0.25) is 0 Å². The van der Waals surface area contributed by atoms with Gasteiger partial charge in [-0.25, -0.2) is 9.78 Å². The van der Waals surface area contributed by atoms with Crippen molar-refractivity contribution in [2.45, 2.75) is 26.4 Å². The summed E-state index contributed by atoms with van der Waals surface area (Å²) in [5.74, 6) is 0.816. The average molecular weight is 299 g/mol. The predicted octanol–water partition coefficient (Wildman–Crippen LogP) is 2.98. The molecule has 1 amide bonds. The van der Waals surface area contributed by atoms with Gasteiger partial charge < -0.3 is 14.4 Å². The van der Waals surface area contributed by atoms with E-state index in [0.717, 1.165) is 0 Å². The predicted molar refractivity (Wildman–Crippen MR) is 76.0 cm³/mol. The van der Waals surface area contributed by atoms with Crippen molar-refractivity contribution in [3.63, 3.8) is 0 Å². The summed E-state index contributed by atoms with van der Waals surface area (Å²) in [4.78, 5) is 17.5. The molecule has 0 bridgehead atoms. The Balaban J connectivity index is 1.71. The van der Waals surface area contributed by atoms with Crippen LogP contribution in [0.1, 0.15) is 20.8 Å². The maximum absolute atomic E-state index is 11.7. The molecule has 1 saturated heterocycles. The molecular formula is C14H19ClN2O3. The summed E-state index contributed by atoms with van der Waals surface area (Å²) in [6.45, 7) is 7.39. The average Bonchev–Trinajstić information content (AvgIpc) is 2.24. The molecular weight excluding hydrogens is 280 g/mol. The van der Waals surface area contributed by atoms with Gasteiger partial charge in [0, 0.05) is 25.1 Å². The first-order chi connectivity index (χ1) is 9.33. The second-order valence-corrected chi connectivity index (χ2v) is 6.25. The number of carbonyl (C=O) groups is 1. The number of halogens is 1. The van der Waals surface area contributed by atoms with E-state index in [1.165, 1.54) is 0 Å². The number of hydrogen-bond acceptors (Lipinski definition) is 4. The first-order valence-electron chi connectivity index (χ1n) is 6.57. The molecule has 20 heavy (non-hydrogen) atoms. The van der Waals surface area contributed by atoms with Crippen molar-refractivity contribution in [2.24, 2.45) is 5.92 Å². The second kappa shape index (κ2) is 5.87. The molecule has 2 rings (SSSR count). The van der Waals surface area contributed by atoms with Crippen molar-refractivity contribution in [2.75, 3.05) is 19.7 Å². The number of likely N-dealkylation sites (tertiary alicyclic amines) is 1. The lowest BCUT2D eigenvalue weighted by atomic mass is 10.0. The molecule has 1 fully saturated rings. The van der Waals surface area contributed by atoms with Gasteiger partial charge in [-0.2, -0.15) is 0 Å². The van der Waals surface area contributed by atoms with Crippen LogP contribution in [0.3, 0.4) is 0 Å². The van der Waals surface area contributed by atoms with Crippen LogP contribution < -0.4 is 4.74 Å². The van der Waals surface area contributed by atoms with Gasteiger partial charge in [0.05, 0.1) is 6.61 Å². The Morgan fingerprint density at radius 3 is 2.75 bits per heavy atom. The van der Waals surface area contributed by atoms with Gasteiger partial charge in [-0.15, -0.1) is 0 Å². The molecule has 0 spiro atoms. The Bertz CT molecular complexity index is 482. The second-order valence-electron chi connectivity index (χ2n) is 5.86. The first kappa shape index (κ1) is 14.9. The lowest BCUT2D eigenvalue weighted by Crippen LogP contribution is -2.53. The van der Waals surface area contributed by atoms with Gasteiger partial charge in [-0.1, -0.05) is 17.7 Å². The molecule has 1 aliphatic heterocycles. The zero-order valence-electron chi connectivity index (χ0n) is 11.9. The van der Waals surface area contributed by atoms with Crippen molar-refractivity contribution < 1.29 is 14.3 Å². The standard InChI is InChI=1S/C14H19ClN2O3/c1-14(2,3)20-13(18)17-7-10(8-17)9-19-12-6-4-5-11(15)16-12/h4-6,10H,7-9H2,1-3H3. The van der Waals surface area contributed by atoms with E-state index in [2.05, 4.69) is 4.98 Å². The molecule has 0 aromatic carbocycles. The Labute approximate surface area is 123 Å². The highest BCUT2D eigenvalue weighted by atomic mass is 35.5. The van der Waals surface area contributed by atoms with Gasteiger partial charge in [0.1, 0.15) is 10.8 Å². The van der Waals surface area contributed by atoms with E-state index in [1.54, 1.807) is 23.1 Å². The van der Waals surface area contributed by atoms with Crippen LogP contribution in [0.25, 0.3) is 0 Å². The van der Waals surface area contributed by atoms with Gasteiger partial charge in [0.15, 0.2) is 0 Å². The maximum Gasteiger partial charge on any atom is 0.410 e. The molecule has 5 nitrogen and oxygen atoms in total. The number of aromatic nitrogens is 1. The number of pyridine rings is 1. The number of rotatable bonds is 3. The third kappa shape index (κ3) is 4.27. The van der Waals surface area contributed by atoms with Crippen LogP contribution in [0.5, 0.6) is 5.88 Å². The van der Waals surface area contributed by atoms with Crippen molar-refractivity contribution in [3.8, 4) is 5.88 Å². The lowest BCUT2D eigenvalue weighted by molar-refractivity contribution is -0.00807. The van der Waals surface area contributed by atoms with Crippen molar-refractivity contribution in [1.82, 2.24) is 9.88 Å². The van der Waals surface area contributed by atoms with Crippen molar-refractivity contribution in [3.05, 3.63) is 23.4 Å². The number of ether oxygens (including phenoxy) is 2. The van der Waals surface area contributed by atoms with E-state index in [9.17, 15) is 4.79 Å². The number of hydrogen-bond donors (Lipinski definition) is 0. The lowest BCUT2D eigenvalue weighted by Gasteiger charge is -2.39. The summed E-state index contributed by atoms with van der Waals surface area (Å²) in [6.07, 6.45) is -0.269. The van der Waals surface area contributed by atoms with E-state index in [-0.39, 0.29) is 6.09 Å². The number of amides is 1. The van der Waals surface area contributed by atoms with E-state index < -0.39 is 5.60 Å². The summed E-state index contributed by atoms with van der Waals surface area (Å²) in [5.41, 5.74) is -0.455. The van der Waals surface area contributed by atoms with Crippen LogP contribution in [0.4, 0.5) is 4.79 Å². The number of carbonyl (C=O) groups excluding carboxylic acids is 1. The smallest absolute Gasteiger partial charge is 0.410 e. The fourth-order valence-corrected chi connectivity index (χ4v) is 1.98. The van der Waals surface area contributed by atoms with Crippen molar-refractivity contribution in [1.29, 1.82) is 0 Å². The van der Waals surface area contributed by atoms with E-state index in [4.69, 9.17) is 21.1 Å². The Kier molecular flexibility index (Phi) is 4.38. The quantitative estimate of drug-likeness (QED) is 0.805. The molecule has 0 radical (unpaired) electrons. The number of nitrogens with zero attached hydrogens (tertiary/aromatic N) is 2. The fourth-order valence-electron chi connectivity index (χ4n) is 1.82. The van der Waals surface area contributed by atoms with Gasteiger partial charge in [0.2, 0.25) is 5.88 Å². The Hall–Kier alpha value is -1.49. The largest absolute Gasteiger partial charge is 0.477 e. The first-order valence-corrected chi connectivity index (χ1v) is 6.94. The zero-order valence-corrected chi connectivity index (χ0v) is 12.7. The minimum absolute atomic E-state index is 0.269. The summed E-state index contributed by atoms with van der Waals surface area (Å²) in [6, 6.07) is 5.25. The van der Waals surface area contributed by atoms with Gasteiger partial charge >= 0.3 is 6.09 Å². The highest BCUT2D eigenvalue weighted by molar-refractivity contribution is 6.29. The molecule has 0 aliphatic carbocycles. The highest BCUT2D eigenvalue weighted by Gasteiger charge is 2.34. The molecule has 1 aromatic heterocycles. The van der Waals surface area contributed by atoms with Crippen LogP contribution in [0.2, 0.25) is 5.15 Å². The maximum atomic E-state index is 11.7. The minimum atomic E-state index is -0.455. The normalized spacial score (nSPS) is 15.7. The van der Waals surface area contributed by atoms with E-state index in [1.807, 2.05) is 20.8 Å². The van der Waals surface area contributed by atoms with E-state index in [0.29, 0.717) is 36.6 Å². The summed E-state index contributed by atoms with van der Waals surface area (Å²) in [7, 11) is 0. The molecule has 1 aliphatic rings. The molecule has 2 heterocycles. The summed E-state index contributed by atoms with van der Waals surface area (Å²) < 4.78 is 10.8. The fraction of sp³-hybridized carbons (Fsp3) is 0.571. The Morgan fingerprint density at radius 2 is 2.15 bits per heavy atom. The molecule has 0 atom stereocenters. The molecule has 0 N–H and O–H groups in total. The third-order valence-electron chi connectivity index (χ3n) is 2.77.